The lowest BCUT2D eigenvalue weighted by atomic mass is 10.3. The van der Waals surface area contributed by atoms with Crippen LogP contribution in [0.5, 0.6) is 5.88 Å². The highest BCUT2D eigenvalue weighted by atomic mass is 127. The van der Waals surface area contributed by atoms with Gasteiger partial charge >= 0.3 is 6.18 Å². The smallest absolute Gasteiger partial charge is 0.422 e. The highest BCUT2D eigenvalue weighted by Crippen LogP contribution is 2.17. The predicted octanol–water partition coefficient (Wildman–Crippen LogP) is 2.02. The molecule has 0 aromatic carbocycles. The lowest BCUT2D eigenvalue weighted by molar-refractivity contribution is -0.154. The lowest BCUT2D eigenvalue weighted by Crippen LogP contribution is -2.37. The van der Waals surface area contributed by atoms with Crippen LogP contribution < -0.4 is 15.4 Å². The maximum atomic E-state index is 12.1. The predicted molar refractivity (Wildman–Crippen MR) is 104 cm³/mol. The number of alkyl halides is 3. The molecule has 8 nitrogen and oxygen atoms in total. The Labute approximate surface area is 171 Å². The van der Waals surface area contributed by atoms with Crippen LogP contribution in [0.15, 0.2) is 29.6 Å². The Kier molecular flexibility index (Phi) is 9.25. The van der Waals surface area contributed by atoms with Crippen molar-refractivity contribution in [3.05, 3.63) is 36.0 Å². The second-order valence-electron chi connectivity index (χ2n) is 5.26. The number of nitrogens with zero attached hydrogens (tertiary/aromatic N) is 5. The first-order valence-corrected chi connectivity index (χ1v) is 7.87. The van der Waals surface area contributed by atoms with E-state index in [9.17, 15) is 13.2 Å². The van der Waals surface area contributed by atoms with E-state index in [0.717, 1.165) is 11.4 Å². The number of ether oxygens (including phenoxy) is 1. The molecule has 0 unspecified atom stereocenters. The van der Waals surface area contributed by atoms with Crippen molar-refractivity contribution in [2.24, 2.45) is 12.0 Å². The molecule has 0 radical (unpaired) electrons. The molecule has 2 aromatic rings. The summed E-state index contributed by atoms with van der Waals surface area (Å²) in [5.74, 6) is 1.25. The molecule has 12 heteroatoms. The third-order valence-corrected chi connectivity index (χ3v) is 3.16. The molecule has 0 amide bonds. The number of nitrogens with one attached hydrogen (secondary N) is 2. The standard InChI is InChI=1S/C15H20F3N7O.HI/c1-3-19-14(22-8-12-23-10-24-25(12)2)21-7-11-4-5-13(20-6-11)26-9-15(16,17)18;/h4-6,10H,3,7-9H2,1-2H3,(H2,19,21,22);1H. The molecule has 0 atom stereocenters. The van der Waals surface area contributed by atoms with Crippen LogP contribution in [0.4, 0.5) is 13.2 Å². The average molecular weight is 499 g/mol. The number of halogens is 4. The Bertz CT molecular complexity index is 719. The minimum atomic E-state index is -4.39. The zero-order valence-corrected chi connectivity index (χ0v) is 17.2. The van der Waals surface area contributed by atoms with Gasteiger partial charge in [0.15, 0.2) is 12.6 Å². The van der Waals surface area contributed by atoms with Crippen molar-refractivity contribution < 1.29 is 17.9 Å². The summed E-state index contributed by atoms with van der Waals surface area (Å²) in [6.07, 6.45) is -1.49. The van der Waals surface area contributed by atoms with Gasteiger partial charge in [0.2, 0.25) is 5.88 Å². The summed E-state index contributed by atoms with van der Waals surface area (Å²) < 4.78 is 42.5. The third-order valence-electron chi connectivity index (χ3n) is 3.16. The summed E-state index contributed by atoms with van der Waals surface area (Å²) in [6.45, 7) is 2.00. The van der Waals surface area contributed by atoms with Gasteiger partial charge < -0.3 is 15.4 Å². The summed E-state index contributed by atoms with van der Waals surface area (Å²) in [5.41, 5.74) is 0.736. The zero-order valence-electron chi connectivity index (χ0n) is 14.8. The monoisotopic (exact) mass is 499 g/mol. The van der Waals surface area contributed by atoms with Gasteiger partial charge in [0, 0.05) is 25.9 Å². The van der Waals surface area contributed by atoms with Crippen molar-refractivity contribution in [2.45, 2.75) is 26.2 Å². The normalized spacial score (nSPS) is 11.7. The van der Waals surface area contributed by atoms with E-state index >= 15 is 0 Å². The lowest BCUT2D eigenvalue weighted by Gasteiger charge is -2.11. The molecule has 2 rings (SSSR count). The first kappa shape index (κ1) is 22.9. The van der Waals surface area contributed by atoms with E-state index in [1.807, 2.05) is 6.92 Å². The summed E-state index contributed by atoms with van der Waals surface area (Å²) in [7, 11) is 1.79. The summed E-state index contributed by atoms with van der Waals surface area (Å²) in [5, 5.41) is 10.2. The van der Waals surface area contributed by atoms with Crippen molar-refractivity contribution in [1.29, 1.82) is 0 Å². The molecule has 27 heavy (non-hydrogen) atoms. The molecular weight excluding hydrogens is 478 g/mol. The van der Waals surface area contributed by atoms with Gasteiger partial charge in [0.25, 0.3) is 0 Å². The van der Waals surface area contributed by atoms with Crippen molar-refractivity contribution in [2.75, 3.05) is 13.2 Å². The quantitative estimate of drug-likeness (QED) is 0.345. The number of rotatable bonds is 7. The minimum Gasteiger partial charge on any atom is -0.468 e. The van der Waals surface area contributed by atoms with Gasteiger partial charge in [-0.05, 0) is 12.5 Å². The second-order valence-corrected chi connectivity index (χ2v) is 5.26. The van der Waals surface area contributed by atoms with Crippen LogP contribution in [0, 0.1) is 0 Å². The fourth-order valence-electron chi connectivity index (χ4n) is 1.90. The summed E-state index contributed by atoms with van der Waals surface area (Å²) in [6, 6.07) is 3.00. The highest BCUT2D eigenvalue weighted by Gasteiger charge is 2.28. The maximum absolute atomic E-state index is 12.1. The van der Waals surface area contributed by atoms with Crippen LogP contribution in [-0.4, -0.2) is 45.0 Å². The van der Waals surface area contributed by atoms with Gasteiger partial charge in [-0.1, -0.05) is 6.07 Å². The topological polar surface area (TPSA) is 89.2 Å². The molecule has 150 valence electrons. The molecule has 0 spiro atoms. The van der Waals surface area contributed by atoms with Crippen molar-refractivity contribution in [3.63, 3.8) is 0 Å². The summed E-state index contributed by atoms with van der Waals surface area (Å²) in [4.78, 5) is 12.4. The van der Waals surface area contributed by atoms with Gasteiger partial charge in [-0.15, -0.1) is 24.0 Å². The van der Waals surface area contributed by atoms with E-state index in [-0.39, 0.29) is 29.9 Å². The molecule has 0 fully saturated rings. The average Bonchev–Trinajstić information content (AvgIpc) is 3.01. The molecule has 0 saturated heterocycles. The molecule has 0 aliphatic heterocycles. The zero-order chi connectivity index (χ0) is 19.0. The van der Waals surface area contributed by atoms with Crippen LogP contribution in [-0.2, 0) is 20.1 Å². The van der Waals surface area contributed by atoms with E-state index in [4.69, 9.17) is 0 Å². The fourth-order valence-corrected chi connectivity index (χ4v) is 1.90. The number of aliphatic imine (C=N–C) groups is 1. The van der Waals surface area contributed by atoms with Crippen molar-refractivity contribution in [1.82, 2.24) is 30.4 Å². The Hall–Kier alpha value is -2.12. The van der Waals surface area contributed by atoms with Crippen LogP contribution in [0.1, 0.15) is 18.3 Å². The third kappa shape index (κ3) is 8.41. The van der Waals surface area contributed by atoms with Gasteiger partial charge in [-0.25, -0.2) is 15.0 Å². The Balaban J connectivity index is 0.00000364. The number of guanidine groups is 1. The first-order valence-electron chi connectivity index (χ1n) is 7.87. The van der Waals surface area contributed by atoms with Gasteiger partial charge in [-0.3, -0.25) is 4.68 Å². The molecule has 0 aliphatic carbocycles. The molecule has 2 N–H and O–H groups in total. The minimum absolute atomic E-state index is 0. The van der Waals surface area contributed by atoms with E-state index in [0.29, 0.717) is 25.6 Å². The van der Waals surface area contributed by atoms with E-state index < -0.39 is 12.8 Å². The fraction of sp³-hybridized carbons (Fsp3) is 0.467. The van der Waals surface area contributed by atoms with E-state index in [1.165, 1.54) is 18.6 Å². The molecule has 0 saturated carbocycles. The SMILES string of the molecule is CCNC(=NCc1ccc(OCC(F)(F)F)nc1)NCc1ncnn1C.I. The summed E-state index contributed by atoms with van der Waals surface area (Å²) >= 11 is 0. The van der Waals surface area contributed by atoms with Crippen molar-refractivity contribution >= 4 is 29.9 Å². The Morgan fingerprint density at radius 3 is 2.59 bits per heavy atom. The molecule has 2 aromatic heterocycles. The number of pyridine rings is 1. The Morgan fingerprint density at radius 2 is 2.04 bits per heavy atom. The maximum Gasteiger partial charge on any atom is 0.422 e. The largest absolute Gasteiger partial charge is 0.468 e. The van der Waals surface area contributed by atoms with Gasteiger partial charge in [0.05, 0.1) is 13.1 Å². The van der Waals surface area contributed by atoms with Crippen molar-refractivity contribution in [3.8, 4) is 5.88 Å². The number of aromatic nitrogens is 4. The second kappa shape index (κ2) is 10.9. The first-order chi connectivity index (χ1) is 12.4. The number of hydrogen-bond acceptors (Lipinski definition) is 5. The number of aryl methyl sites for hydroxylation is 1. The van der Waals surface area contributed by atoms with E-state index in [1.54, 1.807) is 17.8 Å². The highest BCUT2D eigenvalue weighted by molar-refractivity contribution is 14.0. The van der Waals surface area contributed by atoms with Crippen LogP contribution in [0.2, 0.25) is 0 Å². The molecule has 0 aliphatic rings. The van der Waals surface area contributed by atoms with Crippen LogP contribution >= 0.6 is 24.0 Å². The van der Waals surface area contributed by atoms with E-state index in [2.05, 4.69) is 35.4 Å². The van der Waals surface area contributed by atoms with Crippen LogP contribution in [0.25, 0.3) is 0 Å². The molecule has 2 heterocycles. The van der Waals surface area contributed by atoms with Gasteiger partial charge in [0.1, 0.15) is 12.2 Å². The Morgan fingerprint density at radius 1 is 1.26 bits per heavy atom. The van der Waals surface area contributed by atoms with Gasteiger partial charge in [-0.2, -0.15) is 18.3 Å². The number of hydrogen-bond donors (Lipinski definition) is 2. The molecule has 0 bridgehead atoms. The van der Waals surface area contributed by atoms with Crippen LogP contribution in [0.3, 0.4) is 0 Å². The molecular formula is C15H21F3IN7O.